The fourth-order valence-corrected chi connectivity index (χ4v) is 6.81. The summed E-state index contributed by atoms with van der Waals surface area (Å²) >= 11 is 0. The summed E-state index contributed by atoms with van der Waals surface area (Å²) in [6.45, 7) is 8.41. The van der Waals surface area contributed by atoms with Crippen molar-refractivity contribution in [1.29, 1.82) is 0 Å². The van der Waals surface area contributed by atoms with Crippen molar-refractivity contribution in [2.24, 2.45) is 5.92 Å². The summed E-state index contributed by atoms with van der Waals surface area (Å²) < 4.78 is 12.8. The number of nitrogens with zero attached hydrogens (tertiary/aromatic N) is 3. The molecule has 2 aliphatic rings. The third-order valence-electron chi connectivity index (χ3n) is 9.27. The Kier molecular flexibility index (Phi) is 9.25. The van der Waals surface area contributed by atoms with Crippen molar-refractivity contribution in [1.82, 2.24) is 14.7 Å². The molecule has 2 fully saturated rings. The number of ether oxygens (including phenoxy) is 2. The number of fused-ring (bicyclic) bond motifs is 2. The molecule has 3 heterocycles. The smallest absolute Gasteiger partial charge is 0.324 e. The molecule has 1 aromatic heterocycles. The van der Waals surface area contributed by atoms with E-state index in [1.807, 2.05) is 73.7 Å². The summed E-state index contributed by atoms with van der Waals surface area (Å²) in [5, 5.41) is 10.8. The van der Waals surface area contributed by atoms with Crippen LogP contribution in [0.15, 0.2) is 78.9 Å². The molecule has 0 aliphatic carbocycles. The maximum Gasteiger partial charge on any atom is 0.324 e. The van der Waals surface area contributed by atoms with Crippen LogP contribution < -0.4 is 20.1 Å². The number of methoxy groups -OCH3 is 1. The van der Waals surface area contributed by atoms with Gasteiger partial charge in [-0.05, 0) is 99.0 Å². The van der Waals surface area contributed by atoms with Crippen molar-refractivity contribution >= 4 is 23.4 Å². The van der Waals surface area contributed by atoms with Gasteiger partial charge in [-0.3, -0.25) is 10.1 Å². The largest absolute Gasteiger partial charge is 0.497 e. The average molecular weight is 636 g/mol. The minimum absolute atomic E-state index is 0.0537. The first-order valence-corrected chi connectivity index (χ1v) is 16.5. The number of anilines is 2. The van der Waals surface area contributed by atoms with Gasteiger partial charge in [0.2, 0.25) is 0 Å². The molecule has 3 aromatic carbocycles. The van der Waals surface area contributed by atoms with E-state index in [0.29, 0.717) is 17.5 Å². The Morgan fingerprint density at radius 2 is 1.51 bits per heavy atom. The van der Waals surface area contributed by atoms with Gasteiger partial charge in [-0.15, -0.1) is 0 Å². The minimum atomic E-state index is -0.323. The number of rotatable bonds is 9. The molecule has 9 nitrogen and oxygen atoms in total. The lowest BCUT2D eigenvalue weighted by Gasteiger charge is -2.39. The lowest BCUT2D eigenvalue weighted by atomic mass is 9.85. The molecular weight excluding hydrogens is 590 g/mol. The zero-order valence-electron chi connectivity index (χ0n) is 28.0. The Labute approximate surface area is 277 Å². The first-order valence-electron chi connectivity index (χ1n) is 16.5. The predicted molar refractivity (Wildman–Crippen MR) is 185 cm³/mol. The molecule has 0 spiro atoms. The molecule has 6 rings (SSSR count). The number of hydrogen-bond acceptors (Lipinski definition) is 5. The molecule has 2 bridgehead atoms. The monoisotopic (exact) mass is 635 g/mol. The van der Waals surface area contributed by atoms with Gasteiger partial charge in [0.1, 0.15) is 17.3 Å². The van der Waals surface area contributed by atoms with E-state index in [1.54, 1.807) is 11.8 Å². The number of benzene rings is 3. The Bertz CT molecular complexity index is 1680. The Morgan fingerprint density at radius 1 is 0.872 bits per heavy atom. The zero-order valence-corrected chi connectivity index (χ0v) is 28.0. The van der Waals surface area contributed by atoms with Crippen LogP contribution in [0.2, 0.25) is 0 Å². The average Bonchev–Trinajstić information content (AvgIpc) is 3.59. The fraction of sp³-hybridized carbons (Fsp3) is 0.395. The number of urea groups is 1. The van der Waals surface area contributed by atoms with Crippen molar-refractivity contribution in [2.75, 3.05) is 24.4 Å². The zero-order chi connectivity index (χ0) is 33.1. The molecule has 246 valence electrons. The molecule has 2 N–H and O–H groups in total. The number of carbonyl (C=O) groups excluding carboxylic acids is 2. The highest BCUT2D eigenvalue weighted by molar-refractivity contribution is 5.99. The van der Waals surface area contributed by atoms with Gasteiger partial charge in [0, 0.05) is 29.3 Å². The van der Waals surface area contributed by atoms with Crippen LogP contribution in [0.25, 0.3) is 5.69 Å². The summed E-state index contributed by atoms with van der Waals surface area (Å²) in [6, 6.07) is 25.6. The molecule has 3 amide bonds. The summed E-state index contributed by atoms with van der Waals surface area (Å²) in [6.07, 6.45) is 5.05. The standard InChI is InChI=1S/C38H45N5O4/c1-25-6-12-29(13-7-25)43-35(23-34(41-43)38(2,3)4)40-37(45)39-28-10-8-26(9-11-28)20-27-21-30-14-15-31(22-27)42(30)36(44)24-47-33-18-16-32(46-5)17-19-33/h6-13,16-19,23,27,30-31H,14-15,20-22,24H2,1-5H3,(H2,39,40,45). The number of aromatic nitrogens is 2. The van der Waals surface area contributed by atoms with E-state index in [0.717, 1.165) is 60.5 Å². The highest BCUT2D eigenvalue weighted by Gasteiger charge is 2.43. The number of nitrogens with one attached hydrogen (secondary N) is 2. The van der Waals surface area contributed by atoms with Crippen molar-refractivity contribution in [3.05, 3.63) is 95.7 Å². The molecule has 2 saturated heterocycles. The highest BCUT2D eigenvalue weighted by atomic mass is 16.5. The molecule has 47 heavy (non-hydrogen) atoms. The Morgan fingerprint density at radius 3 is 2.13 bits per heavy atom. The second kappa shape index (κ2) is 13.5. The summed E-state index contributed by atoms with van der Waals surface area (Å²) in [5.74, 6) is 2.62. The number of carbonyl (C=O) groups is 2. The van der Waals surface area contributed by atoms with Crippen molar-refractivity contribution in [3.8, 4) is 17.2 Å². The molecule has 2 unspecified atom stereocenters. The van der Waals surface area contributed by atoms with Gasteiger partial charge in [0.15, 0.2) is 6.61 Å². The van der Waals surface area contributed by atoms with Crippen molar-refractivity contribution in [3.63, 3.8) is 0 Å². The van der Waals surface area contributed by atoms with Crippen LogP contribution in [0.3, 0.4) is 0 Å². The summed E-state index contributed by atoms with van der Waals surface area (Å²) in [5.41, 5.74) is 4.72. The maximum absolute atomic E-state index is 13.1. The lowest BCUT2D eigenvalue weighted by molar-refractivity contribution is -0.138. The van der Waals surface area contributed by atoms with Crippen LogP contribution in [0, 0.1) is 12.8 Å². The Balaban J connectivity index is 1.02. The van der Waals surface area contributed by atoms with Gasteiger partial charge in [-0.1, -0.05) is 50.6 Å². The van der Waals surface area contributed by atoms with Crippen molar-refractivity contribution in [2.45, 2.75) is 77.3 Å². The predicted octanol–water partition coefficient (Wildman–Crippen LogP) is 7.52. The van der Waals surface area contributed by atoms with Gasteiger partial charge in [0.05, 0.1) is 18.5 Å². The summed E-state index contributed by atoms with van der Waals surface area (Å²) in [4.78, 5) is 28.3. The van der Waals surface area contributed by atoms with Gasteiger partial charge in [0.25, 0.3) is 5.91 Å². The molecular formula is C38H45N5O4. The second-order valence-electron chi connectivity index (χ2n) is 13.9. The van der Waals surface area contributed by atoms with Crippen LogP contribution in [0.4, 0.5) is 16.3 Å². The fourth-order valence-electron chi connectivity index (χ4n) is 6.81. The van der Waals surface area contributed by atoms with E-state index in [2.05, 4.69) is 48.4 Å². The van der Waals surface area contributed by atoms with E-state index >= 15 is 0 Å². The van der Waals surface area contributed by atoms with Gasteiger partial charge in [-0.2, -0.15) is 5.10 Å². The third-order valence-corrected chi connectivity index (χ3v) is 9.27. The molecule has 9 heteroatoms. The van der Waals surface area contributed by atoms with Crippen LogP contribution in [0.1, 0.15) is 63.3 Å². The van der Waals surface area contributed by atoms with Crippen LogP contribution in [0.5, 0.6) is 11.5 Å². The topological polar surface area (TPSA) is 97.7 Å². The molecule has 2 aliphatic heterocycles. The minimum Gasteiger partial charge on any atom is -0.497 e. The van der Waals surface area contributed by atoms with Crippen molar-refractivity contribution < 1.29 is 19.1 Å². The molecule has 0 saturated carbocycles. The van der Waals surface area contributed by atoms with Gasteiger partial charge >= 0.3 is 6.03 Å². The highest BCUT2D eigenvalue weighted by Crippen LogP contribution is 2.40. The second-order valence-corrected chi connectivity index (χ2v) is 13.9. The molecule has 0 radical (unpaired) electrons. The van der Waals surface area contributed by atoms with E-state index in [9.17, 15) is 9.59 Å². The van der Waals surface area contributed by atoms with E-state index in [4.69, 9.17) is 14.6 Å². The SMILES string of the molecule is COc1ccc(OCC(=O)N2C3CCC2CC(Cc2ccc(NC(=O)Nc4cc(C(C)(C)C)nn4-c4ccc(C)cc4)cc2)C3)cc1. The quantitative estimate of drug-likeness (QED) is 0.198. The lowest BCUT2D eigenvalue weighted by Crippen LogP contribution is -2.48. The van der Waals surface area contributed by atoms with Crippen LogP contribution in [-0.4, -0.2) is 52.4 Å². The maximum atomic E-state index is 13.1. The van der Waals surface area contributed by atoms with Gasteiger partial charge in [-0.25, -0.2) is 9.48 Å². The number of piperidine rings is 1. The number of hydrogen-bond donors (Lipinski definition) is 2. The molecule has 2 atom stereocenters. The van der Waals surface area contributed by atoms with Crippen LogP contribution >= 0.6 is 0 Å². The van der Waals surface area contributed by atoms with E-state index < -0.39 is 0 Å². The van der Waals surface area contributed by atoms with E-state index in [1.165, 1.54) is 5.56 Å². The molecule has 4 aromatic rings. The van der Waals surface area contributed by atoms with E-state index in [-0.39, 0.29) is 36.0 Å². The third kappa shape index (κ3) is 7.62. The first kappa shape index (κ1) is 32.2. The van der Waals surface area contributed by atoms with Crippen LogP contribution in [-0.2, 0) is 16.6 Å². The number of amides is 3. The van der Waals surface area contributed by atoms with Gasteiger partial charge < -0.3 is 19.7 Å². The Hall–Kier alpha value is -4.79. The number of aryl methyl sites for hydroxylation is 1. The normalized spacial score (nSPS) is 18.9. The first-order chi connectivity index (χ1) is 22.6. The summed E-state index contributed by atoms with van der Waals surface area (Å²) in [7, 11) is 1.63.